The molecule has 0 spiro atoms. The van der Waals surface area contributed by atoms with E-state index in [0.717, 1.165) is 37.2 Å². The van der Waals surface area contributed by atoms with Gasteiger partial charge in [0.25, 0.3) is 5.91 Å². The van der Waals surface area contributed by atoms with Crippen LogP contribution >= 0.6 is 0 Å². The zero-order valence-electron chi connectivity index (χ0n) is 15.3. The molecule has 0 N–H and O–H groups in total. The maximum Gasteiger partial charge on any atom is 0.272 e. The summed E-state index contributed by atoms with van der Waals surface area (Å²) in [6, 6.07) is 12.1. The molecule has 0 radical (unpaired) electrons. The van der Waals surface area contributed by atoms with Crippen LogP contribution < -0.4 is 4.90 Å². The Kier molecular flexibility index (Phi) is 5.31. The Balaban J connectivity index is 1.90. The maximum atomic E-state index is 13.0. The number of likely N-dealkylation sites (tertiary alicyclic amines) is 1. The number of para-hydroxylation sites is 1. The molecule has 5 heteroatoms. The third kappa shape index (κ3) is 3.81. The fourth-order valence-electron chi connectivity index (χ4n) is 3.42. The number of carbonyl (C=O) groups excluding carboxylic acids is 1. The molecular formula is C20H26N4O. The quantitative estimate of drug-likeness (QED) is 0.847. The molecule has 1 aliphatic rings. The SMILES string of the molecule is CCC1CCCCN1C(=O)c1cc(C)nc(N(C)c2ccccc2)n1. The van der Waals surface area contributed by atoms with E-state index < -0.39 is 0 Å². The van der Waals surface area contributed by atoms with Crippen molar-refractivity contribution in [2.24, 2.45) is 0 Å². The second-order valence-corrected chi connectivity index (χ2v) is 6.65. The van der Waals surface area contributed by atoms with Crippen molar-refractivity contribution < 1.29 is 4.79 Å². The zero-order chi connectivity index (χ0) is 17.8. The first kappa shape index (κ1) is 17.4. The first-order valence-electron chi connectivity index (χ1n) is 9.05. The van der Waals surface area contributed by atoms with Gasteiger partial charge in [-0.3, -0.25) is 4.79 Å². The average molecular weight is 338 g/mol. The van der Waals surface area contributed by atoms with Gasteiger partial charge in [-0.1, -0.05) is 25.1 Å². The standard InChI is InChI=1S/C20H26N4O/c1-4-16-10-8-9-13-24(16)19(25)18-14-15(2)21-20(22-18)23(3)17-11-6-5-7-12-17/h5-7,11-12,14,16H,4,8-10,13H2,1-3H3. The summed E-state index contributed by atoms with van der Waals surface area (Å²) in [5, 5.41) is 0. The second kappa shape index (κ2) is 7.64. The minimum Gasteiger partial charge on any atom is -0.334 e. The van der Waals surface area contributed by atoms with Crippen molar-refractivity contribution in [2.45, 2.75) is 45.6 Å². The third-order valence-electron chi connectivity index (χ3n) is 4.86. The summed E-state index contributed by atoms with van der Waals surface area (Å²) in [4.78, 5) is 26.1. The molecule has 1 aliphatic heterocycles. The van der Waals surface area contributed by atoms with Gasteiger partial charge in [-0.15, -0.1) is 0 Å². The Bertz CT molecular complexity index is 732. The Labute approximate surface area is 149 Å². The van der Waals surface area contributed by atoms with Gasteiger partial charge in [0.05, 0.1) is 0 Å². The molecule has 1 saturated heterocycles. The van der Waals surface area contributed by atoms with E-state index in [0.29, 0.717) is 17.7 Å². The van der Waals surface area contributed by atoms with Gasteiger partial charge >= 0.3 is 0 Å². The number of carbonyl (C=O) groups is 1. The van der Waals surface area contributed by atoms with Crippen LogP contribution in [0.3, 0.4) is 0 Å². The summed E-state index contributed by atoms with van der Waals surface area (Å²) in [5.41, 5.74) is 2.29. The lowest BCUT2D eigenvalue weighted by Crippen LogP contribution is -2.43. The van der Waals surface area contributed by atoms with Crippen LogP contribution in [-0.4, -0.2) is 40.4 Å². The highest BCUT2D eigenvalue weighted by Crippen LogP contribution is 2.24. The smallest absolute Gasteiger partial charge is 0.272 e. The summed E-state index contributed by atoms with van der Waals surface area (Å²) in [7, 11) is 1.92. The van der Waals surface area contributed by atoms with Gasteiger partial charge in [-0.05, 0) is 50.8 Å². The summed E-state index contributed by atoms with van der Waals surface area (Å²) < 4.78 is 0. The summed E-state index contributed by atoms with van der Waals surface area (Å²) in [6.07, 6.45) is 4.35. The van der Waals surface area contributed by atoms with Crippen molar-refractivity contribution in [2.75, 3.05) is 18.5 Å². The van der Waals surface area contributed by atoms with E-state index in [1.165, 1.54) is 6.42 Å². The topological polar surface area (TPSA) is 49.3 Å². The van der Waals surface area contributed by atoms with Crippen molar-refractivity contribution in [3.63, 3.8) is 0 Å². The third-order valence-corrected chi connectivity index (χ3v) is 4.86. The van der Waals surface area contributed by atoms with Crippen LogP contribution in [0, 0.1) is 6.92 Å². The second-order valence-electron chi connectivity index (χ2n) is 6.65. The Morgan fingerprint density at radius 1 is 1.24 bits per heavy atom. The highest BCUT2D eigenvalue weighted by atomic mass is 16.2. The van der Waals surface area contributed by atoms with E-state index in [4.69, 9.17) is 0 Å². The van der Waals surface area contributed by atoms with Crippen LogP contribution in [-0.2, 0) is 0 Å². The van der Waals surface area contributed by atoms with Crippen LogP contribution in [0.15, 0.2) is 36.4 Å². The molecule has 1 aromatic heterocycles. The highest BCUT2D eigenvalue weighted by molar-refractivity contribution is 5.93. The van der Waals surface area contributed by atoms with E-state index in [9.17, 15) is 4.79 Å². The zero-order valence-corrected chi connectivity index (χ0v) is 15.3. The molecule has 25 heavy (non-hydrogen) atoms. The maximum absolute atomic E-state index is 13.0. The predicted octanol–water partition coefficient (Wildman–Crippen LogP) is 3.96. The number of hydrogen-bond donors (Lipinski definition) is 0. The highest BCUT2D eigenvalue weighted by Gasteiger charge is 2.27. The number of benzene rings is 1. The molecule has 0 aliphatic carbocycles. The first-order valence-corrected chi connectivity index (χ1v) is 9.05. The largest absolute Gasteiger partial charge is 0.334 e. The number of hydrogen-bond acceptors (Lipinski definition) is 4. The van der Waals surface area contributed by atoms with Crippen LogP contribution in [0.2, 0.25) is 0 Å². The number of rotatable bonds is 4. The molecule has 0 bridgehead atoms. The Morgan fingerprint density at radius 2 is 2.00 bits per heavy atom. The molecule has 132 valence electrons. The number of anilines is 2. The first-order chi connectivity index (χ1) is 12.1. The van der Waals surface area contributed by atoms with Gasteiger partial charge in [0.1, 0.15) is 5.69 Å². The van der Waals surface area contributed by atoms with Gasteiger partial charge in [0.15, 0.2) is 0 Å². The average Bonchev–Trinajstić information content (AvgIpc) is 2.67. The lowest BCUT2D eigenvalue weighted by Gasteiger charge is -2.35. The minimum atomic E-state index is 0.0276. The van der Waals surface area contributed by atoms with Crippen molar-refractivity contribution in [1.29, 1.82) is 0 Å². The lowest BCUT2D eigenvalue weighted by molar-refractivity contribution is 0.0601. The molecule has 3 rings (SSSR count). The number of aromatic nitrogens is 2. The van der Waals surface area contributed by atoms with E-state index in [1.807, 2.05) is 54.1 Å². The van der Waals surface area contributed by atoms with E-state index in [2.05, 4.69) is 16.9 Å². The van der Waals surface area contributed by atoms with Gasteiger partial charge in [0, 0.05) is 31.0 Å². The molecule has 1 amide bonds. The number of piperidine rings is 1. The molecule has 1 atom stereocenters. The minimum absolute atomic E-state index is 0.0276. The van der Waals surface area contributed by atoms with E-state index in [1.54, 1.807) is 6.07 Å². The van der Waals surface area contributed by atoms with Crippen molar-refractivity contribution in [3.05, 3.63) is 47.8 Å². The molecule has 1 fully saturated rings. The van der Waals surface area contributed by atoms with Gasteiger partial charge < -0.3 is 9.80 Å². The molecule has 2 aromatic rings. The normalized spacial score (nSPS) is 17.4. The molecule has 1 unspecified atom stereocenters. The van der Waals surface area contributed by atoms with Gasteiger partial charge in [-0.25, -0.2) is 9.97 Å². The Morgan fingerprint density at radius 3 is 2.72 bits per heavy atom. The van der Waals surface area contributed by atoms with Crippen molar-refractivity contribution >= 4 is 17.5 Å². The number of amides is 1. The molecule has 5 nitrogen and oxygen atoms in total. The van der Waals surface area contributed by atoms with Crippen molar-refractivity contribution in [3.8, 4) is 0 Å². The van der Waals surface area contributed by atoms with Gasteiger partial charge in [0.2, 0.25) is 5.95 Å². The molecule has 1 aromatic carbocycles. The molecule has 0 saturated carbocycles. The number of aryl methyl sites for hydroxylation is 1. The lowest BCUT2D eigenvalue weighted by atomic mass is 9.99. The monoisotopic (exact) mass is 338 g/mol. The predicted molar refractivity (Wildman–Crippen MR) is 100 cm³/mol. The summed E-state index contributed by atoms with van der Waals surface area (Å²) >= 11 is 0. The summed E-state index contributed by atoms with van der Waals surface area (Å²) in [6.45, 7) is 4.88. The summed E-state index contributed by atoms with van der Waals surface area (Å²) in [5.74, 6) is 0.583. The van der Waals surface area contributed by atoms with Gasteiger partial charge in [-0.2, -0.15) is 0 Å². The Hall–Kier alpha value is -2.43. The fourth-order valence-corrected chi connectivity index (χ4v) is 3.42. The molecule has 2 heterocycles. The van der Waals surface area contributed by atoms with Crippen molar-refractivity contribution in [1.82, 2.24) is 14.9 Å². The van der Waals surface area contributed by atoms with E-state index in [-0.39, 0.29) is 5.91 Å². The van der Waals surface area contributed by atoms with E-state index >= 15 is 0 Å². The molecular weight excluding hydrogens is 312 g/mol. The van der Waals surface area contributed by atoms with Crippen LogP contribution in [0.4, 0.5) is 11.6 Å². The number of nitrogens with zero attached hydrogens (tertiary/aromatic N) is 4. The van der Waals surface area contributed by atoms with Crippen LogP contribution in [0.5, 0.6) is 0 Å². The van der Waals surface area contributed by atoms with Crippen LogP contribution in [0.1, 0.15) is 48.8 Å². The fraction of sp³-hybridized carbons (Fsp3) is 0.450. The van der Waals surface area contributed by atoms with Crippen LogP contribution in [0.25, 0.3) is 0 Å².